The highest BCUT2D eigenvalue weighted by molar-refractivity contribution is 5.78. The number of carbonyl (C=O) groups excluding carboxylic acids is 2. The van der Waals surface area contributed by atoms with Gasteiger partial charge in [-0.3, -0.25) is 14.6 Å². The van der Waals surface area contributed by atoms with E-state index in [1.807, 2.05) is 38.2 Å². The lowest BCUT2D eigenvalue weighted by Crippen LogP contribution is -2.36. The van der Waals surface area contributed by atoms with Crippen LogP contribution in [0.15, 0.2) is 66.9 Å². The van der Waals surface area contributed by atoms with Gasteiger partial charge in [-0.25, -0.2) is 0 Å². The first-order valence-electron chi connectivity index (χ1n) is 12.6. The number of esters is 1. The van der Waals surface area contributed by atoms with E-state index in [4.69, 9.17) is 4.74 Å². The van der Waals surface area contributed by atoms with Crippen LogP contribution in [0.2, 0.25) is 0 Å². The fourth-order valence-corrected chi connectivity index (χ4v) is 5.04. The van der Waals surface area contributed by atoms with E-state index < -0.39 is 0 Å². The Morgan fingerprint density at radius 2 is 1.86 bits per heavy atom. The number of hydrogen-bond donors (Lipinski definition) is 0. The summed E-state index contributed by atoms with van der Waals surface area (Å²) in [7, 11) is 0. The lowest BCUT2D eigenvalue weighted by Gasteiger charge is -2.32. The van der Waals surface area contributed by atoms with Crippen LogP contribution in [0.25, 0.3) is 0 Å². The van der Waals surface area contributed by atoms with Gasteiger partial charge in [0.05, 0.1) is 12.5 Å². The Bertz CT molecular complexity index is 1130. The van der Waals surface area contributed by atoms with E-state index in [0.717, 1.165) is 61.9 Å². The van der Waals surface area contributed by atoms with Crippen LogP contribution in [0, 0.1) is 12.8 Å². The number of pyridine rings is 1. The largest absolute Gasteiger partial charge is 0.466 e. The number of carbonyl (C=O) groups is 2. The maximum absolute atomic E-state index is 12.0. The third-order valence-corrected chi connectivity index (χ3v) is 6.96. The lowest BCUT2D eigenvalue weighted by molar-refractivity contribution is -0.148. The predicted octanol–water partition coefficient (Wildman–Crippen LogP) is 5.75. The van der Waals surface area contributed by atoms with Crippen LogP contribution in [-0.2, 0) is 16.0 Å². The molecule has 35 heavy (non-hydrogen) atoms. The average Bonchev–Trinajstić information content (AvgIpc) is 2.90. The maximum Gasteiger partial charge on any atom is 0.309 e. The van der Waals surface area contributed by atoms with Gasteiger partial charge in [0.25, 0.3) is 0 Å². The molecule has 0 saturated carbocycles. The molecule has 1 aliphatic heterocycles. The Morgan fingerprint density at radius 3 is 2.54 bits per heavy atom. The zero-order valence-electron chi connectivity index (χ0n) is 20.7. The third-order valence-electron chi connectivity index (χ3n) is 6.96. The van der Waals surface area contributed by atoms with Crippen molar-refractivity contribution < 1.29 is 14.3 Å². The molecule has 2 heterocycles. The van der Waals surface area contributed by atoms with Gasteiger partial charge in [-0.2, -0.15) is 0 Å². The van der Waals surface area contributed by atoms with Crippen molar-refractivity contribution in [2.75, 3.05) is 24.6 Å². The van der Waals surface area contributed by atoms with Crippen LogP contribution < -0.4 is 4.90 Å². The molecule has 4 rings (SSSR count). The summed E-state index contributed by atoms with van der Waals surface area (Å²) < 4.78 is 5.19. The summed E-state index contributed by atoms with van der Waals surface area (Å²) in [5.41, 5.74) is 6.45. The second kappa shape index (κ2) is 11.8. The third kappa shape index (κ3) is 6.16. The number of ether oxygens (including phenoxy) is 1. The minimum absolute atomic E-state index is 0.0217. The average molecular weight is 471 g/mol. The fourth-order valence-electron chi connectivity index (χ4n) is 5.04. The molecular formula is C30H34N2O3. The molecule has 1 fully saturated rings. The van der Waals surface area contributed by atoms with Crippen molar-refractivity contribution in [1.29, 1.82) is 0 Å². The Hall–Kier alpha value is -3.47. The molecule has 0 unspecified atom stereocenters. The topological polar surface area (TPSA) is 59.5 Å². The number of aryl methyl sites for hydroxylation is 2. The SMILES string of the molecule is CCOC(=O)C1CCN(c2ccc(CC[C@@H](c3ccnc(C)c3)c3ccccc3C=O)cc2)CC1. The number of aldehydes is 1. The number of anilines is 1. The van der Waals surface area contributed by atoms with Gasteiger partial charge in [-0.15, -0.1) is 0 Å². The molecule has 0 spiro atoms. The second-order valence-corrected chi connectivity index (χ2v) is 9.25. The molecule has 5 heteroatoms. The summed E-state index contributed by atoms with van der Waals surface area (Å²) in [5, 5.41) is 0. The fraction of sp³-hybridized carbons (Fsp3) is 0.367. The molecule has 5 nitrogen and oxygen atoms in total. The maximum atomic E-state index is 12.0. The number of hydrogen-bond acceptors (Lipinski definition) is 5. The molecule has 2 aromatic carbocycles. The number of benzene rings is 2. The molecule has 0 N–H and O–H groups in total. The van der Waals surface area contributed by atoms with Crippen LogP contribution in [-0.4, -0.2) is 36.9 Å². The summed E-state index contributed by atoms with van der Waals surface area (Å²) in [6, 6.07) is 20.8. The number of nitrogens with zero attached hydrogens (tertiary/aromatic N) is 2. The van der Waals surface area contributed by atoms with E-state index >= 15 is 0 Å². The van der Waals surface area contributed by atoms with E-state index in [1.165, 1.54) is 16.8 Å². The Balaban J connectivity index is 1.43. The molecule has 3 aromatic rings. The number of piperidine rings is 1. The van der Waals surface area contributed by atoms with Gasteiger partial charge in [-0.1, -0.05) is 36.4 Å². The molecule has 182 valence electrons. The first-order chi connectivity index (χ1) is 17.1. The molecular weight excluding hydrogens is 436 g/mol. The molecule has 0 amide bonds. The summed E-state index contributed by atoms with van der Waals surface area (Å²) in [5.74, 6) is 0.0887. The molecule has 1 aromatic heterocycles. The smallest absolute Gasteiger partial charge is 0.309 e. The number of rotatable bonds is 9. The Labute approximate surface area is 208 Å². The molecule has 0 bridgehead atoms. The first kappa shape index (κ1) is 24.6. The first-order valence-corrected chi connectivity index (χ1v) is 12.6. The van der Waals surface area contributed by atoms with Gasteiger partial charge in [0.2, 0.25) is 0 Å². The Morgan fingerprint density at radius 1 is 1.11 bits per heavy atom. The van der Waals surface area contributed by atoms with Crippen LogP contribution in [0.3, 0.4) is 0 Å². The Kier molecular flexibility index (Phi) is 8.30. The van der Waals surface area contributed by atoms with E-state index in [1.54, 1.807) is 0 Å². The minimum Gasteiger partial charge on any atom is -0.466 e. The summed E-state index contributed by atoms with van der Waals surface area (Å²) in [4.78, 5) is 30.5. The van der Waals surface area contributed by atoms with E-state index in [0.29, 0.717) is 6.61 Å². The lowest BCUT2D eigenvalue weighted by atomic mass is 9.84. The van der Waals surface area contributed by atoms with Crippen LogP contribution in [0.4, 0.5) is 5.69 Å². The van der Waals surface area contributed by atoms with Crippen molar-refractivity contribution in [2.45, 2.75) is 45.4 Å². The van der Waals surface area contributed by atoms with Crippen LogP contribution in [0.5, 0.6) is 0 Å². The van der Waals surface area contributed by atoms with E-state index in [2.05, 4.69) is 52.3 Å². The van der Waals surface area contributed by atoms with Gasteiger partial charge in [0.1, 0.15) is 6.29 Å². The van der Waals surface area contributed by atoms with Crippen molar-refractivity contribution in [2.24, 2.45) is 5.92 Å². The van der Waals surface area contributed by atoms with Gasteiger partial charge in [-0.05, 0) is 80.5 Å². The highest BCUT2D eigenvalue weighted by Gasteiger charge is 2.26. The van der Waals surface area contributed by atoms with Gasteiger partial charge in [0, 0.05) is 42.1 Å². The van der Waals surface area contributed by atoms with Crippen LogP contribution in [0.1, 0.15) is 64.8 Å². The van der Waals surface area contributed by atoms with E-state index in [-0.39, 0.29) is 17.8 Å². The normalized spacial score (nSPS) is 15.0. The van der Waals surface area contributed by atoms with Crippen molar-refractivity contribution in [3.63, 3.8) is 0 Å². The van der Waals surface area contributed by atoms with Crippen molar-refractivity contribution in [3.8, 4) is 0 Å². The number of aromatic nitrogens is 1. The van der Waals surface area contributed by atoms with Gasteiger partial charge in [0.15, 0.2) is 0 Å². The molecule has 1 saturated heterocycles. The predicted molar refractivity (Wildman–Crippen MR) is 139 cm³/mol. The molecule has 1 aliphatic rings. The minimum atomic E-state index is -0.0578. The summed E-state index contributed by atoms with van der Waals surface area (Å²) in [6.45, 7) is 6.04. The second-order valence-electron chi connectivity index (χ2n) is 9.25. The monoisotopic (exact) mass is 470 g/mol. The zero-order chi connectivity index (χ0) is 24.6. The highest BCUT2D eigenvalue weighted by atomic mass is 16.5. The quantitative estimate of drug-likeness (QED) is 0.295. The van der Waals surface area contributed by atoms with Gasteiger partial charge >= 0.3 is 5.97 Å². The van der Waals surface area contributed by atoms with Crippen LogP contribution >= 0.6 is 0 Å². The van der Waals surface area contributed by atoms with Crippen molar-refractivity contribution >= 4 is 17.9 Å². The van der Waals surface area contributed by atoms with E-state index in [9.17, 15) is 9.59 Å². The summed E-state index contributed by atoms with van der Waals surface area (Å²) >= 11 is 0. The van der Waals surface area contributed by atoms with Crippen molar-refractivity contribution in [3.05, 3.63) is 94.8 Å². The van der Waals surface area contributed by atoms with Gasteiger partial charge < -0.3 is 9.64 Å². The standard InChI is InChI=1S/C30H34N2O3/c1-3-35-30(34)24-15-18-32(19-16-24)27-11-8-23(9-12-27)10-13-29(25-14-17-31-22(2)20-25)28-7-5-4-6-26(28)21-33/h4-9,11-12,14,17,20-21,24,29H,3,10,13,15-16,18-19H2,1-2H3/t29-/m0/s1. The molecule has 1 atom stereocenters. The zero-order valence-corrected chi connectivity index (χ0v) is 20.7. The molecule has 0 radical (unpaired) electrons. The summed E-state index contributed by atoms with van der Waals surface area (Å²) in [6.07, 6.45) is 6.29. The molecule has 0 aliphatic carbocycles. The highest BCUT2D eigenvalue weighted by Crippen LogP contribution is 2.32. The van der Waals surface area contributed by atoms with Crippen molar-refractivity contribution in [1.82, 2.24) is 4.98 Å².